The standard InChI is InChI=1S/C14H24O6/c1-10(14(19)20-2)6-5-8-12(16)11(15)7-3-4-9-13(17)18/h10,12,16H,3-9H2,1-2H3,(H,17,18). The molecule has 0 saturated heterocycles. The summed E-state index contributed by atoms with van der Waals surface area (Å²) in [6.07, 6.45) is 1.58. The summed E-state index contributed by atoms with van der Waals surface area (Å²) in [6, 6.07) is 0. The fraction of sp³-hybridized carbons (Fsp3) is 0.786. The van der Waals surface area contributed by atoms with Crippen molar-refractivity contribution in [1.29, 1.82) is 0 Å². The number of carbonyl (C=O) groups is 3. The minimum absolute atomic E-state index is 0.0417. The van der Waals surface area contributed by atoms with Crippen LogP contribution in [0, 0.1) is 5.92 Å². The van der Waals surface area contributed by atoms with E-state index >= 15 is 0 Å². The number of unbranched alkanes of at least 4 members (excludes halogenated alkanes) is 1. The van der Waals surface area contributed by atoms with Crippen molar-refractivity contribution < 1.29 is 29.3 Å². The van der Waals surface area contributed by atoms with Crippen molar-refractivity contribution in [1.82, 2.24) is 0 Å². The highest BCUT2D eigenvalue weighted by molar-refractivity contribution is 5.82. The van der Waals surface area contributed by atoms with Crippen molar-refractivity contribution >= 4 is 17.7 Å². The molecular formula is C14H24O6. The number of carboxylic acid groups (broad SMARTS) is 1. The maximum Gasteiger partial charge on any atom is 0.308 e. The van der Waals surface area contributed by atoms with E-state index in [1.807, 2.05) is 0 Å². The zero-order valence-electron chi connectivity index (χ0n) is 12.1. The van der Waals surface area contributed by atoms with Gasteiger partial charge in [-0.05, 0) is 32.1 Å². The van der Waals surface area contributed by atoms with Crippen LogP contribution in [0.5, 0.6) is 0 Å². The highest BCUT2D eigenvalue weighted by Gasteiger charge is 2.17. The van der Waals surface area contributed by atoms with E-state index in [4.69, 9.17) is 5.11 Å². The lowest BCUT2D eigenvalue weighted by atomic mass is 9.99. The number of ether oxygens (including phenoxy) is 1. The highest BCUT2D eigenvalue weighted by Crippen LogP contribution is 2.13. The number of aliphatic hydroxyl groups excluding tert-OH is 1. The van der Waals surface area contributed by atoms with Crippen molar-refractivity contribution in [2.75, 3.05) is 7.11 Å². The van der Waals surface area contributed by atoms with Gasteiger partial charge in [-0.1, -0.05) is 6.92 Å². The van der Waals surface area contributed by atoms with Crippen LogP contribution in [0.3, 0.4) is 0 Å². The second-order valence-electron chi connectivity index (χ2n) is 4.94. The summed E-state index contributed by atoms with van der Waals surface area (Å²) < 4.78 is 4.59. The monoisotopic (exact) mass is 288 g/mol. The van der Waals surface area contributed by atoms with Crippen LogP contribution in [0.4, 0.5) is 0 Å². The molecule has 0 aromatic heterocycles. The van der Waals surface area contributed by atoms with Gasteiger partial charge in [-0.2, -0.15) is 0 Å². The molecule has 6 nitrogen and oxygen atoms in total. The van der Waals surface area contributed by atoms with Gasteiger partial charge in [0.2, 0.25) is 0 Å². The van der Waals surface area contributed by atoms with E-state index < -0.39 is 12.1 Å². The summed E-state index contributed by atoms with van der Waals surface area (Å²) in [4.78, 5) is 33.0. The quantitative estimate of drug-likeness (QED) is 0.442. The highest BCUT2D eigenvalue weighted by atomic mass is 16.5. The van der Waals surface area contributed by atoms with Crippen LogP contribution < -0.4 is 0 Å². The van der Waals surface area contributed by atoms with Crippen LogP contribution in [-0.2, 0) is 19.1 Å². The molecule has 2 atom stereocenters. The van der Waals surface area contributed by atoms with Crippen molar-refractivity contribution in [3.63, 3.8) is 0 Å². The summed E-state index contributed by atoms with van der Waals surface area (Å²) >= 11 is 0. The number of carbonyl (C=O) groups excluding carboxylic acids is 2. The number of hydrogen-bond acceptors (Lipinski definition) is 5. The number of methoxy groups -OCH3 is 1. The molecule has 2 unspecified atom stereocenters. The number of aliphatic hydroxyl groups is 1. The van der Waals surface area contributed by atoms with Crippen molar-refractivity contribution in [3.8, 4) is 0 Å². The second-order valence-corrected chi connectivity index (χ2v) is 4.94. The van der Waals surface area contributed by atoms with Crippen molar-refractivity contribution in [2.45, 2.75) is 58.0 Å². The number of esters is 1. The fourth-order valence-electron chi connectivity index (χ4n) is 1.84. The lowest BCUT2D eigenvalue weighted by molar-refractivity contribution is -0.145. The first kappa shape index (κ1) is 18.6. The van der Waals surface area contributed by atoms with E-state index in [2.05, 4.69) is 4.74 Å². The third kappa shape index (κ3) is 8.63. The molecular weight excluding hydrogens is 264 g/mol. The van der Waals surface area contributed by atoms with Gasteiger partial charge >= 0.3 is 11.9 Å². The van der Waals surface area contributed by atoms with Gasteiger partial charge in [0.15, 0.2) is 5.78 Å². The first-order chi connectivity index (χ1) is 9.38. The first-order valence-electron chi connectivity index (χ1n) is 6.88. The molecule has 0 aromatic carbocycles. The van der Waals surface area contributed by atoms with Crippen LogP contribution in [0.15, 0.2) is 0 Å². The second kappa shape index (κ2) is 10.4. The minimum Gasteiger partial charge on any atom is -0.481 e. The van der Waals surface area contributed by atoms with E-state index in [0.29, 0.717) is 32.1 Å². The molecule has 0 rings (SSSR count). The Bertz CT molecular complexity index is 326. The lowest BCUT2D eigenvalue weighted by Gasteiger charge is -2.11. The molecule has 2 N–H and O–H groups in total. The Kier molecular flexibility index (Phi) is 9.63. The van der Waals surface area contributed by atoms with E-state index in [9.17, 15) is 19.5 Å². The van der Waals surface area contributed by atoms with E-state index in [1.165, 1.54) is 7.11 Å². The molecule has 0 spiro atoms. The largest absolute Gasteiger partial charge is 0.481 e. The Hall–Kier alpha value is -1.43. The maximum atomic E-state index is 11.6. The molecule has 0 radical (unpaired) electrons. The van der Waals surface area contributed by atoms with Gasteiger partial charge in [0.1, 0.15) is 6.10 Å². The van der Waals surface area contributed by atoms with Crippen LogP contribution in [-0.4, -0.2) is 41.1 Å². The Morgan fingerprint density at radius 2 is 1.65 bits per heavy atom. The van der Waals surface area contributed by atoms with Crippen LogP contribution in [0.25, 0.3) is 0 Å². The molecule has 0 bridgehead atoms. The van der Waals surface area contributed by atoms with Crippen LogP contribution >= 0.6 is 0 Å². The Balaban J connectivity index is 3.74. The summed E-state index contributed by atoms with van der Waals surface area (Å²) in [5, 5.41) is 18.1. The normalized spacial score (nSPS) is 13.6. The maximum absolute atomic E-state index is 11.6. The first-order valence-corrected chi connectivity index (χ1v) is 6.88. The number of ketones is 1. The molecule has 0 saturated carbocycles. The van der Waals surface area contributed by atoms with Crippen LogP contribution in [0.2, 0.25) is 0 Å². The predicted molar refractivity (Wildman–Crippen MR) is 72.1 cm³/mol. The molecule has 0 aliphatic rings. The van der Waals surface area contributed by atoms with Gasteiger partial charge in [0.05, 0.1) is 13.0 Å². The van der Waals surface area contributed by atoms with E-state index in [-0.39, 0.29) is 30.5 Å². The Labute approximate surface area is 119 Å². The average Bonchev–Trinajstić information content (AvgIpc) is 2.41. The van der Waals surface area contributed by atoms with Gasteiger partial charge in [-0.3, -0.25) is 14.4 Å². The Morgan fingerprint density at radius 3 is 2.20 bits per heavy atom. The molecule has 116 valence electrons. The molecule has 20 heavy (non-hydrogen) atoms. The molecule has 0 aliphatic carbocycles. The topological polar surface area (TPSA) is 101 Å². The van der Waals surface area contributed by atoms with Gasteiger partial charge in [0.25, 0.3) is 0 Å². The molecule has 0 fully saturated rings. The summed E-state index contributed by atoms with van der Waals surface area (Å²) in [7, 11) is 1.33. The number of rotatable bonds is 11. The minimum atomic E-state index is -1.02. The summed E-state index contributed by atoms with van der Waals surface area (Å²) in [6.45, 7) is 1.74. The van der Waals surface area contributed by atoms with Gasteiger partial charge in [-0.25, -0.2) is 0 Å². The van der Waals surface area contributed by atoms with Gasteiger partial charge in [-0.15, -0.1) is 0 Å². The number of hydrogen-bond donors (Lipinski definition) is 2. The summed E-state index contributed by atoms with van der Waals surface area (Å²) in [5.74, 6) is -1.67. The van der Waals surface area contributed by atoms with E-state index in [0.717, 1.165) is 0 Å². The number of Topliss-reactive ketones (excluding diaryl/α,β-unsaturated/α-hetero) is 1. The molecule has 0 aliphatic heterocycles. The zero-order chi connectivity index (χ0) is 15.5. The smallest absolute Gasteiger partial charge is 0.308 e. The molecule has 0 amide bonds. The third-order valence-electron chi connectivity index (χ3n) is 3.15. The average molecular weight is 288 g/mol. The van der Waals surface area contributed by atoms with Gasteiger partial charge in [0, 0.05) is 12.8 Å². The SMILES string of the molecule is COC(=O)C(C)CCCC(O)C(=O)CCCCC(=O)O. The molecule has 0 aromatic rings. The predicted octanol–water partition coefficient (Wildman–Crippen LogP) is 1.54. The molecule has 6 heteroatoms. The van der Waals surface area contributed by atoms with Crippen LogP contribution in [0.1, 0.15) is 51.9 Å². The summed E-state index contributed by atoms with van der Waals surface area (Å²) in [5.41, 5.74) is 0. The Morgan fingerprint density at radius 1 is 1.05 bits per heavy atom. The lowest BCUT2D eigenvalue weighted by Crippen LogP contribution is -2.21. The van der Waals surface area contributed by atoms with Gasteiger partial charge < -0.3 is 14.9 Å². The molecule has 0 heterocycles. The van der Waals surface area contributed by atoms with E-state index in [1.54, 1.807) is 6.92 Å². The third-order valence-corrected chi connectivity index (χ3v) is 3.15. The van der Waals surface area contributed by atoms with Crippen molar-refractivity contribution in [2.24, 2.45) is 5.92 Å². The number of aliphatic carboxylic acids is 1. The van der Waals surface area contributed by atoms with Crippen molar-refractivity contribution in [3.05, 3.63) is 0 Å². The fourth-order valence-corrected chi connectivity index (χ4v) is 1.84. The number of carboxylic acids is 1. The zero-order valence-corrected chi connectivity index (χ0v) is 12.1.